The highest BCUT2D eigenvalue weighted by molar-refractivity contribution is 7.98. The number of nitrogen functional groups attached to an aromatic ring is 1. The maximum atomic E-state index is 11.3. The third-order valence-corrected chi connectivity index (χ3v) is 4.56. The summed E-state index contributed by atoms with van der Waals surface area (Å²) in [5, 5.41) is 4.03. The van der Waals surface area contributed by atoms with Gasteiger partial charge in [0.1, 0.15) is 5.82 Å². The van der Waals surface area contributed by atoms with Crippen molar-refractivity contribution in [1.82, 2.24) is 9.78 Å². The van der Waals surface area contributed by atoms with Gasteiger partial charge >= 0.3 is 0 Å². The molecular weight excluding hydrogens is 234 g/mol. The van der Waals surface area contributed by atoms with Gasteiger partial charge in [-0.3, -0.25) is 0 Å². The van der Waals surface area contributed by atoms with Crippen molar-refractivity contribution >= 4 is 27.4 Å². The van der Waals surface area contributed by atoms with E-state index in [4.69, 9.17) is 5.73 Å². The minimum absolute atomic E-state index is 0.0865. The van der Waals surface area contributed by atoms with Gasteiger partial charge in [-0.15, -0.1) is 11.8 Å². The zero-order valence-corrected chi connectivity index (χ0v) is 10.4. The Labute approximate surface area is 94.0 Å². The van der Waals surface area contributed by atoms with Crippen LogP contribution in [-0.2, 0) is 16.4 Å². The van der Waals surface area contributed by atoms with Gasteiger partial charge in [0.2, 0.25) is 0 Å². The van der Waals surface area contributed by atoms with Crippen LogP contribution in [0.25, 0.3) is 0 Å². The van der Waals surface area contributed by atoms with Gasteiger partial charge in [0.25, 0.3) is 0 Å². The lowest BCUT2D eigenvalue weighted by molar-refractivity contribution is 0.583. The van der Waals surface area contributed by atoms with Gasteiger partial charge in [0, 0.05) is 5.75 Å². The lowest BCUT2D eigenvalue weighted by Gasteiger charge is -2.04. The molecule has 1 aromatic rings. The number of hydrogen-bond acceptors (Lipinski definition) is 5. The highest BCUT2D eigenvalue weighted by Gasteiger charge is 2.11. The third kappa shape index (κ3) is 3.13. The second kappa shape index (κ2) is 4.89. The van der Waals surface area contributed by atoms with Crippen LogP contribution in [0.15, 0.2) is 11.1 Å². The van der Waals surface area contributed by atoms with E-state index in [1.165, 1.54) is 16.4 Å². The molecule has 1 aromatic heterocycles. The van der Waals surface area contributed by atoms with E-state index in [0.29, 0.717) is 12.4 Å². The van der Waals surface area contributed by atoms with Crippen molar-refractivity contribution in [2.24, 2.45) is 0 Å². The number of thioether (sulfide) groups is 1. The highest BCUT2D eigenvalue weighted by atomic mass is 32.2. The van der Waals surface area contributed by atoms with Crippen molar-refractivity contribution in [1.29, 1.82) is 0 Å². The minimum Gasteiger partial charge on any atom is -0.383 e. The fraction of sp³-hybridized carbons (Fsp3) is 0.625. The first-order valence-electron chi connectivity index (χ1n) is 4.56. The second-order valence-corrected chi connectivity index (χ2v) is 6.38. The Morgan fingerprint density at radius 2 is 2.27 bits per heavy atom. The summed E-state index contributed by atoms with van der Waals surface area (Å²) in [6.45, 7) is 1.96. The molecule has 0 saturated heterocycles. The Balaban J connectivity index is 2.70. The van der Waals surface area contributed by atoms with Gasteiger partial charge in [-0.25, -0.2) is 13.1 Å². The van der Waals surface area contributed by atoms with Crippen LogP contribution in [0, 0.1) is 0 Å². The molecule has 0 atom stereocenters. The number of hydrogen-bond donors (Lipinski definition) is 1. The second-order valence-electron chi connectivity index (χ2n) is 3.06. The van der Waals surface area contributed by atoms with E-state index in [1.54, 1.807) is 13.1 Å². The number of nitrogens with zero attached hydrogens (tertiary/aromatic N) is 2. The van der Waals surface area contributed by atoms with E-state index < -0.39 is 9.84 Å². The summed E-state index contributed by atoms with van der Waals surface area (Å²) in [6.07, 6.45) is 3.55. The summed E-state index contributed by atoms with van der Waals surface area (Å²) in [7, 11) is -2.96. The fourth-order valence-electron chi connectivity index (χ4n) is 1.08. The van der Waals surface area contributed by atoms with E-state index in [9.17, 15) is 8.42 Å². The Hall–Kier alpha value is -0.690. The van der Waals surface area contributed by atoms with E-state index in [1.807, 2.05) is 6.26 Å². The molecule has 0 bridgehead atoms. The van der Waals surface area contributed by atoms with Crippen LogP contribution in [0.3, 0.4) is 0 Å². The maximum Gasteiger partial charge on any atom is 0.151 e. The van der Waals surface area contributed by atoms with E-state index in [0.717, 1.165) is 4.90 Å². The Bertz CT molecular complexity index is 425. The molecule has 1 heterocycles. The molecule has 2 N–H and O–H groups in total. The zero-order chi connectivity index (χ0) is 11.5. The Morgan fingerprint density at radius 3 is 2.73 bits per heavy atom. The molecule has 5 nitrogen and oxygen atoms in total. The topological polar surface area (TPSA) is 78.0 Å². The highest BCUT2D eigenvalue weighted by Crippen LogP contribution is 2.21. The molecule has 0 aliphatic carbocycles. The van der Waals surface area contributed by atoms with Crippen LogP contribution in [0.4, 0.5) is 5.82 Å². The van der Waals surface area contributed by atoms with Crippen molar-refractivity contribution in [2.75, 3.05) is 23.5 Å². The number of aryl methyl sites for hydroxylation is 1. The van der Waals surface area contributed by atoms with Crippen molar-refractivity contribution < 1.29 is 8.42 Å². The van der Waals surface area contributed by atoms with E-state index in [2.05, 4.69) is 5.10 Å². The number of sulfone groups is 1. The summed E-state index contributed by atoms with van der Waals surface area (Å²) in [5.74, 6) is 0.779. The number of anilines is 1. The van der Waals surface area contributed by atoms with Gasteiger partial charge in [0.05, 0.1) is 23.4 Å². The van der Waals surface area contributed by atoms with Crippen LogP contribution in [0.5, 0.6) is 0 Å². The third-order valence-electron chi connectivity index (χ3n) is 2.12. The molecule has 86 valence electrons. The van der Waals surface area contributed by atoms with Gasteiger partial charge < -0.3 is 5.73 Å². The summed E-state index contributed by atoms with van der Waals surface area (Å²) >= 11 is 1.50. The largest absolute Gasteiger partial charge is 0.383 e. The monoisotopic (exact) mass is 249 g/mol. The van der Waals surface area contributed by atoms with Gasteiger partial charge in [0.15, 0.2) is 9.84 Å². The van der Waals surface area contributed by atoms with E-state index >= 15 is 0 Å². The SMILES string of the molecule is CCS(=O)(=O)CCn1ncc(SC)c1N. The fourth-order valence-corrected chi connectivity index (χ4v) is 2.29. The first-order valence-corrected chi connectivity index (χ1v) is 7.60. The first kappa shape index (κ1) is 12.4. The molecule has 15 heavy (non-hydrogen) atoms. The minimum atomic E-state index is -2.96. The predicted octanol–water partition coefficient (Wildman–Crippen LogP) is 0.622. The maximum absolute atomic E-state index is 11.3. The molecule has 0 fully saturated rings. The van der Waals surface area contributed by atoms with Crippen LogP contribution in [0.2, 0.25) is 0 Å². The number of aromatic nitrogens is 2. The summed E-state index contributed by atoms with van der Waals surface area (Å²) in [6, 6.07) is 0. The summed E-state index contributed by atoms with van der Waals surface area (Å²) in [5.41, 5.74) is 5.77. The number of nitrogens with two attached hydrogens (primary N) is 1. The van der Waals surface area contributed by atoms with E-state index in [-0.39, 0.29) is 11.5 Å². The molecule has 0 aliphatic rings. The summed E-state index contributed by atoms with van der Waals surface area (Å²) in [4.78, 5) is 0.879. The standard InChI is InChI=1S/C8H15N3O2S2/c1-3-15(12,13)5-4-11-8(9)7(14-2)6-10-11/h6H,3-5,9H2,1-2H3. The molecule has 0 amide bonds. The van der Waals surface area contributed by atoms with Gasteiger partial charge in [-0.05, 0) is 6.26 Å². The number of rotatable bonds is 5. The van der Waals surface area contributed by atoms with Crippen LogP contribution >= 0.6 is 11.8 Å². The average Bonchev–Trinajstić information content (AvgIpc) is 2.57. The average molecular weight is 249 g/mol. The molecule has 0 aromatic carbocycles. The van der Waals surface area contributed by atoms with Crippen LogP contribution in [0.1, 0.15) is 6.92 Å². The van der Waals surface area contributed by atoms with Crippen molar-refractivity contribution in [2.45, 2.75) is 18.4 Å². The first-order chi connectivity index (χ1) is 7.00. The van der Waals surface area contributed by atoms with Crippen LogP contribution in [-0.4, -0.2) is 36.0 Å². The molecule has 0 spiro atoms. The quantitative estimate of drug-likeness (QED) is 0.774. The molecule has 0 aliphatic heterocycles. The molecular formula is C8H15N3O2S2. The van der Waals surface area contributed by atoms with Crippen molar-refractivity contribution in [3.63, 3.8) is 0 Å². The normalized spacial score (nSPS) is 11.9. The zero-order valence-electron chi connectivity index (χ0n) is 8.80. The lowest BCUT2D eigenvalue weighted by Crippen LogP contribution is -2.16. The summed E-state index contributed by atoms with van der Waals surface area (Å²) < 4.78 is 24.1. The Kier molecular flexibility index (Phi) is 4.04. The molecule has 0 saturated carbocycles. The van der Waals surface area contributed by atoms with Crippen molar-refractivity contribution in [3.8, 4) is 0 Å². The molecule has 1 rings (SSSR count). The predicted molar refractivity (Wildman–Crippen MR) is 62.7 cm³/mol. The molecule has 7 heteroatoms. The lowest BCUT2D eigenvalue weighted by atomic mass is 10.6. The molecule has 0 radical (unpaired) electrons. The Morgan fingerprint density at radius 1 is 1.60 bits per heavy atom. The van der Waals surface area contributed by atoms with Crippen LogP contribution < -0.4 is 5.73 Å². The molecule has 0 unspecified atom stereocenters. The van der Waals surface area contributed by atoms with Crippen molar-refractivity contribution in [3.05, 3.63) is 6.20 Å². The van der Waals surface area contributed by atoms with Gasteiger partial charge in [-0.2, -0.15) is 5.10 Å². The van der Waals surface area contributed by atoms with Gasteiger partial charge in [-0.1, -0.05) is 6.92 Å². The smallest absolute Gasteiger partial charge is 0.151 e.